The lowest BCUT2D eigenvalue weighted by molar-refractivity contribution is 0.0748. The first-order chi connectivity index (χ1) is 16.9. The summed E-state index contributed by atoms with van der Waals surface area (Å²) in [5.74, 6) is 0.836. The van der Waals surface area contributed by atoms with Crippen molar-refractivity contribution in [3.63, 3.8) is 0 Å². The monoisotopic (exact) mass is 529 g/mol. The van der Waals surface area contributed by atoms with Gasteiger partial charge in [0.05, 0.1) is 23.9 Å². The molecule has 0 unspecified atom stereocenters. The number of hydrogen-bond donors (Lipinski definition) is 0. The quantitative estimate of drug-likeness (QED) is 0.313. The Morgan fingerprint density at radius 3 is 2.40 bits per heavy atom. The van der Waals surface area contributed by atoms with Crippen LogP contribution in [-0.2, 0) is 0 Å². The Balaban J connectivity index is 1.46. The molecule has 5 rings (SSSR count). The number of nitrogens with zero attached hydrogens (tertiary/aromatic N) is 3. The van der Waals surface area contributed by atoms with E-state index in [4.69, 9.17) is 9.72 Å². The lowest BCUT2D eigenvalue weighted by Gasteiger charge is -2.37. The Kier molecular flexibility index (Phi) is 6.48. The first-order valence-corrected chi connectivity index (χ1v) is 12.6. The maximum Gasteiger partial charge on any atom is 0.254 e. The number of rotatable bonds is 4. The number of carbonyl (C=O) groups is 1. The topological polar surface area (TPSA) is 45.7 Å². The maximum absolute atomic E-state index is 13.8. The zero-order chi connectivity index (χ0) is 24.5. The van der Waals surface area contributed by atoms with E-state index >= 15 is 0 Å². The minimum absolute atomic E-state index is 0.0471. The number of benzene rings is 3. The number of aryl methyl sites for hydroxylation is 1. The number of aromatic nitrogens is 1. The molecule has 0 spiro atoms. The summed E-state index contributed by atoms with van der Waals surface area (Å²) in [4.78, 5) is 23.0. The van der Waals surface area contributed by atoms with Crippen LogP contribution in [-0.4, -0.2) is 49.1 Å². The van der Waals surface area contributed by atoms with E-state index in [1.165, 1.54) is 16.8 Å². The molecule has 3 aromatic carbocycles. The second-order valence-electron chi connectivity index (χ2n) is 8.94. The Labute approximate surface area is 214 Å². The van der Waals surface area contributed by atoms with Crippen LogP contribution in [0.1, 0.15) is 21.5 Å². The minimum Gasteiger partial charge on any atom is -0.497 e. The van der Waals surface area contributed by atoms with Crippen molar-refractivity contribution in [1.29, 1.82) is 0 Å². The molecule has 0 bridgehead atoms. The normalized spacial score (nSPS) is 13.8. The van der Waals surface area contributed by atoms with Gasteiger partial charge in [-0.25, -0.2) is 4.98 Å². The van der Waals surface area contributed by atoms with Crippen LogP contribution >= 0.6 is 15.9 Å². The van der Waals surface area contributed by atoms with E-state index in [9.17, 15) is 4.79 Å². The summed E-state index contributed by atoms with van der Waals surface area (Å²) in [6, 6.07) is 22.0. The summed E-state index contributed by atoms with van der Waals surface area (Å²) < 4.78 is 6.22. The van der Waals surface area contributed by atoms with E-state index in [2.05, 4.69) is 52.9 Å². The number of fused-ring (bicyclic) bond motifs is 1. The second-order valence-corrected chi connectivity index (χ2v) is 9.86. The fraction of sp³-hybridized carbons (Fsp3) is 0.241. The number of piperazine rings is 1. The number of halogens is 1. The molecule has 0 aliphatic carbocycles. The highest BCUT2D eigenvalue weighted by Gasteiger charge is 2.25. The molecular formula is C29H28BrN3O2. The van der Waals surface area contributed by atoms with Crippen molar-refractivity contribution in [2.75, 3.05) is 38.2 Å². The Bertz CT molecular complexity index is 1390. The summed E-state index contributed by atoms with van der Waals surface area (Å²) in [5, 5.41) is 0.860. The first kappa shape index (κ1) is 23.4. The van der Waals surface area contributed by atoms with Crippen LogP contribution in [0.2, 0.25) is 0 Å². The van der Waals surface area contributed by atoms with Crippen LogP contribution in [0.3, 0.4) is 0 Å². The van der Waals surface area contributed by atoms with E-state index in [0.29, 0.717) is 18.7 Å². The highest BCUT2D eigenvalue weighted by Crippen LogP contribution is 2.30. The second kappa shape index (κ2) is 9.70. The molecule has 178 valence electrons. The molecule has 35 heavy (non-hydrogen) atoms. The molecule has 0 N–H and O–H groups in total. The van der Waals surface area contributed by atoms with Gasteiger partial charge in [0.15, 0.2) is 0 Å². The van der Waals surface area contributed by atoms with Gasteiger partial charge in [0.25, 0.3) is 5.91 Å². The average molecular weight is 530 g/mol. The molecule has 0 radical (unpaired) electrons. The zero-order valence-corrected chi connectivity index (χ0v) is 21.8. The van der Waals surface area contributed by atoms with Crippen molar-refractivity contribution in [3.8, 4) is 17.0 Å². The lowest BCUT2D eigenvalue weighted by Crippen LogP contribution is -2.49. The molecule has 1 aromatic heterocycles. The van der Waals surface area contributed by atoms with E-state index in [-0.39, 0.29) is 5.91 Å². The SMILES string of the molecule is COc1ccc(-c2cc(C(=O)N3CCN(c4cccc(C)c4C)CC3)c3cc(Br)ccc3n2)cc1. The van der Waals surface area contributed by atoms with Gasteiger partial charge in [-0.1, -0.05) is 28.1 Å². The molecule has 6 heteroatoms. The van der Waals surface area contributed by atoms with Crippen LogP contribution in [0.25, 0.3) is 22.2 Å². The number of hydrogen-bond acceptors (Lipinski definition) is 4. The van der Waals surface area contributed by atoms with Crippen LogP contribution in [0.5, 0.6) is 5.75 Å². The molecule has 1 fully saturated rings. The van der Waals surface area contributed by atoms with Crippen molar-refractivity contribution < 1.29 is 9.53 Å². The van der Waals surface area contributed by atoms with Gasteiger partial charge in [-0.3, -0.25) is 4.79 Å². The highest BCUT2D eigenvalue weighted by atomic mass is 79.9. The van der Waals surface area contributed by atoms with E-state index < -0.39 is 0 Å². The van der Waals surface area contributed by atoms with Gasteiger partial charge in [-0.05, 0) is 79.6 Å². The third-order valence-electron chi connectivity index (χ3n) is 6.87. The number of pyridine rings is 1. The van der Waals surface area contributed by atoms with E-state index in [0.717, 1.165) is 45.5 Å². The molecule has 1 aliphatic rings. The fourth-order valence-electron chi connectivity index (χ4n) is 4.68. The lowest BCUT2D eigenvalue weighted by atomic mass is 10.0. The largest absolute Gasteiger partial charge is 0.497 e. The van der Waals surface area contributed by atoms with Crippen molar-refractivity contribution in [2.45, 2.75) is 13.8 Å². The molecule has 0 saturated carbocycles. The number of carbonyl (C=O) groups excluding carboxylic acids is 1. The van der Waals surface area contributed by atoms with E-state index in [1.54, 1.807) is 7.11 Å². The van der Waals surface area contributed by atoms with Gasteiger partial charge in [0.2, 0.25) is 0 Å². The van der Waals surface area contributed by atoms with E-state index in [1.807, 2.05) is 53.4 Å². The first-order valence-electron chi connectivity index (χ1n) is 11.8. The fourth-order valence-corrected chi connectivity index (χ4v) is 5.04. The van der Waals surface area contributed by atoms with Gasteiger partial charge in [0.1, 0.15) is 5.75 Å². The maximum atomic E-state index is 13.8. The van der Waals surface area contributed by atoms with Gasteiger partial charge in [-0.2, -0.15) is 0 Å². The highest BCUT2D eigenvalue weighted by molar-refractivity contribution is 9.10. The molecule has 1 aliphatic heterocycles. The van der Waals surface area contributed by atoms with Crippen LogP contribution in [0.4, 0.5) is 5.69 Å². The molecule has 4 aromatic rings. The predicted octanol–water partition coefficient (Wildman–Crippen LogP) is 6.25. The summed E-state index contributed by atoms with van der Waals surface area (Å²) in [5.41, 5.74) is 7.07. The number of anilines is 1. The zero-order valence-electron chi connectivity index (χ0n) is 20.2. The number of ether oxygens (including phenoxy) is 1. The van der Waals surface area contributed by atoms with Crippen LogP contribution < -0.4 is 9.64 Å². The van der Waals surface area contributed by atoms with Crippen molar-refractivity contribution in [2.24, 2.45) is 0 Å². The summed E-state index contributed by atoms with van der Waals surface area (Å²) >= 11 is 3.56. The molecule has 2 heterocycles. The van der Waals surface area contributed by atoms with Gasteiger partial charge >= 0.3 is 0 Å². The minimum atomic E-state index is 0.0471. The van der Waals surface area contributed by atoms with Gasteiger partial charge in [-0.15, -0.1) is 0 Å². The molecule has 5 nitrogen and oxygen atoms in total. The predicted molar refractivity (Wildman–Crippen MR) is 145 cm³/mol. The Hall–Kier alpha value is -3.38. The Morgan fingerprint density at radius 1 is 0.943 bits per heavy atom. The third-order valence-corrected chi connectivity index (χ3v) is 7.36. The van der Waals surface area contributed by atoms with Gasteiger partial charge in [0, 0.05) is 47.3 Å². The number of amides is 1. The Morgan fingerprint density at radius 2 is 1.69 bits per heavy atom. The smallest absolute Gasteiger partial charge is 0.254 e. The van der Waals surface area contributed by atoms with Crippen molar-refractivity contribution in [1.82, 2.24) is 9.88 Å². The van der Waals surface area contributed by atoms with Crippen LogP contribution in [0.15, 0.2) is 71.2 Å². The summed E-state index contributed by atoms with van der Waals surface area (Å²) in [7, 11) is 1.65. The standard InChI is InChI=1S/C29H28BrN3O2/c1-19-5-4-6-28(20(19)2)32-13-15-33(16-14-32)29(34)25-18-27(21-7-10-23(35-3)11-8-21)31-26-12-9-22(30)17-24(25)26/h4-12,17-18H,13-16H2,1-3H3. The molecule has 0 atom stereocenters. The molecular weight excluding hydrogens is 502 g/mol. The summed E-state index contributed by atoms with van der Waals surface area (Å²) in [6.07, 6.45) is 0. The number of methoxy groups -OCH3 is 1. The molecule has 1 saturated heterocycles. The third kappa shape index (κ3) is 4.63. The van der Waals surface area contributed by atoms with Crippen molar-refractivity contribution >= 4 is 38.4 Å². The summed E-state index contributed by atoms with van der Waals surface area (Å²) in [6.45, 7) is 7.31. The average Bonchev–Trinajstić information content (AvgIpc) is 2.89. The van der Waals surface area contributed by atoms with Crippen molar-refractivity contribution in [3.05, 3.63) is 87.9 Å². The molecule has 1 amide bonds. The van der Waals surface area contributed by atoms with Gasteiger partial charge < -0.3 is 14.5 Å². The van der Waals surface area contributed by atoms with Crippen LogP contribution in [0, 0.1) is 13.8 Å².